The van der Waals surface area contributed by atoms with Crippen molar-refractivity contribution in [2.24, 2.45) is 0 Å². The summed E-state index contributed by atoms with van der Waals surface area (Å²) in [7, 11) is 2.18. The first-order valence-corrected chi connectivity index (χ1v) is 11.1. The molecule has 4 aromatic rings. The maximum Gasteiger partial charge on any atom is 0.139 e. The monoisotopic (exact) mass is 396 g/mol. The Kier molecular flexibility index (Phi) is 3.34. The summed E-state index contributed by atoms with van der Waals surface area (Å²) in [6.45, 7) is 0. The van der Waals surface area contributed by atoms with Gasteiger partial charge < -0.3 is 4.74 Å². The third kappa shape index (κ3) is 2.07. The lowest BCUT2D eigenvalue weighted by Gasteiger charge is -2.41. The van der Waals surface area contributed by atoms with E-state index in [4.69, 9.17) is 4.74 Å². The van der Waals surface area contributed by atoms with E-state index in [1.807, 2.05) is 0 Å². The zero-order chi connectivity index (χ0) is 20.6. The number of ether oxygens (including phenoxy) is 1. The van der Waals surface area contributed by atoms with E-state index in [0.717, 1.165) is 24.3 Å². The molecule has 4 aromatic carbocycles. The van der Waals surface area contributed by atoms with Crippen molar-refractivity contribution < 1.29 is 4.74 Å². The number of rotatable bonds is 0. The average Bonchev–Trinajstić information content (AvgIpc) is 3.11. The minimum absolute atomic E-state index is 0.296. The van der Waals surface area contributed by atoms with Crippen LogP contribution in [0.2, 0.25) is 0 Å². The maximum absolute atomic E-state index is 6.46. The normalized spacial score (nSPS) is 19.7. The van der Waals surface area contributed by atoms with Crippen molar-refractivity contribution in [3.63, 3.8) is 0 Å². The molecule has 7 rings (SSSR count). The van der Waals surface area contributed by atoms with Gasteiger partial charge in [-0.2, -0.15) is 0 Å². The Morgan fingerprint density at radius 1 is 0.645 bits per heavy atom. The minimum atomic E-state index is -0.296. The molecular weight excluding hydrogens is 375 g/mol. The summed E-state index contributed by atoms with van der Waals surface area (Å²) < 4.78 is 6.46. The van der Waals surface area contributed by atoms with Gasteiger partial charge in [0.05, 0.1) is 5.41 Å². The molecule has 0 radical (unpaired) electrons. The van der Waals surface area contributed by atoms with Crippen LogP contribution in [0.4, 0.5) is 0 Å². The number of para-hydroxylation sites is 1. The van der Waals surface area contributed by atoms with Gasteiger partial charge in [-0.1, -0.05) is 84.3 Å². The van der Waals surface area contributed by atoms with Gasteiger partial charge in [-0.3, -0.25) is 0 Å². The number of benzene rings is 4. The summed E-state index contributed by atoms with van der Waals surface area (Å²) in [4.78, 5) is 0. The third-order valence-electron chi connectivity index (χ3n) is 7.34. The lowest BCUT2D eigenvalue weighted by atomic mass is 9.63. The average molecular weight is 396 g/mol. The predicted octanol–water partition coefficient (Wildman–Crippen LogP) is 5.15. The molecule has 2 heteroatoms. The first-order chi connectivity index (χ1) is 15.3. The largest absolute Gasteiger partial charge is 0.457 e. The summed E-state index contributed by atoms with van der Waals surface area (Å²) in [5.41, 5.74) is 12.1. The van der Waals surface area contributed by atoms with Crippen LogP contribution < -0.4 is 10.2 Å². The predicted molar refractivity (Wildman–Crippen MR) is 128 cm³/mol. The van der Waals surface area contributed by atoms with Crippen LogP contribution in [-0.4, -0.2) is 7.85 Å². The van der Waals surface area contributed by atoms with E-state index >= 15 is 0 Å². The van der Waals surface area contributed by atoms with Crippen LogP contribution in [0, 0.1) is 0 Å². The fourth-order valence-corrected chi connectivity index (χ4v) is 6.17. The summed E-state index contributed by atoms with van der Waals surface area (Å²) in [5, 5.41) is 0. The lowest BCUT2D eigenvalue weighted by molar-refractivity contribution is 0.432. The summed E-state index contributed by atoms with van der Waals surface area (Å²) >= 11 is 0. The summed E-state index contributed by atoms with van der Waals surface area (Å²) in [5.74, 6) is 1.95. The van der Waals surface area contributed by atoms with Gasteiger partial charge >= 0.3 is 0 Å². The first kappa shape index (κ1) is 17.2. The highest BCUT2D eigenvalue weighted by Gasteiger charge is 2.53. The minimum Gasteiger partial charge on any atom is -0.457 e. The second kappa shape index (κ2) is 6.01. The number of hydrogen-bond donors (Lipinski definition) is 0. The van der Waals surface area contributed by atoms with Crippen molar-refractivity contribution >= 4 is 18.9 Å². The molecular formula is C29H21BO. The van der Waals surface area contributed by atoms with E-state index in [1.165, 1.54) is 50.0 Å². The molecule has 2 aliphatic carbocycles. The molecule has 1 heterocycles. The molecule has 1 nitrogen and oxygen atoms in total. The highest BCUT2D eigenvalue weighted by molar-refractivity contribution is 6.32. The molecule has 0 saturated carbocycles. The molecule has 0 aromatic heterocycles. The topological polar surface area (TPSA) is 9.23 Å². The van der Waals surface area contributed by atoms with E-state index < -0.39 is 0 Å². The Labute approximate surface area is 183 Å². The quantitative estimate of drug-likeness (QED) is 0.374. The van der Waals surface area contributed by atoms with Gasteiger partial charge in [0.2, 0.25) is 0 Å². The van der Waals surface area contributed by atoms with E-state index in [-0.39, 0.29) is 5.41 Å². The van der Waals surface area contributed by atoms with Crippen LogP contribution in [0.25, 0.3) is 5.57 Å². The Morgan fingerprint density at radius 3 is 2.26 bits per heavy atom. The van der Waals surface area contributed by atoms with Gasteiger partial charge in [-0.05, 0) is 58.4 Å². The van der Waals surface area contributed by atoms with Crippen LogP contribution in [0.3, 0.4) is 0 Å². The van der Waals surface area contributed by atoms with Gasteiger partial charge in [-0.15, -0.1) is 0 Å². The van der Waals surface area contributed by atoms with Gasteiger partial charge in [0.25, 0.3) is 0 Å². The number of hydrogen-bond acceptors (Lipinski definition) is 1. The van der Waals surface area contributed by atoms with E-state index in [9.17, 15) is 0 Å². The van der Waals surface area contributed by atoms with Crippen molar-refractivity contribution in [1.29, 1.82) is 0 Å². The number of fused-ring (bicyclic) bond motifs is 10. The Balaban J connectivity index is 1.69. The smallest absolute Gasteiger partial charge is 0.139 e. The fraction of sp³-hybridized carbons (Fsp3) is 0.103. The van der Waals surface area contributed by atoms with Crippen LogP contribution in [-0.2, 0) is 11.8 Å². The maximum atomic E-state index is 6.46. The highest BCUT2D eigenvalue weighted by atomic mass is 16.5. The SMILES string of the molecule is Bc1ccc2c(c1)C1(C3=C(c4ccccc4CC3)c3ccccc31)c1ccccc1O2. The van der Waals surface area contributed by atoms with Crippen LogP contribution in [0.1, 0.15) is 39.8 Å². The second-order valence-electron chi connectivity index (χ2n) is 8.90. The van der Waals surface area contributed by atoms with E-state index in [0.29, 0.717) is 0 Å². The summed E-state index contributed by atoms with van der Waals surface area (Å²) in [6.07, 6.45) is 2.14. The molecule has 1 spiro atoms. The van der Waals surface area contributed by atoms with Gasteiger partial charge in [0.1, 0.15) is 19.3 Å². The molecule has 0 saturated heterocycles. The van der Waals surface area contributed by atoms with Crippen LogP contribution in [0.5, 0.6) is 11.5 Å². The molecule has 0 N–H and O–H groups in total. The third-order valence-corrected chi connectivity index (χ3v) is 7.34. The molecule has 146 valence electrons. The van der Waals surface area contributed by atoms with E-state index in [2.05, 4.69) is 98.8 Å². The van der Waals surface area contributed by atoms with Crippen molar-refractivity contribution in [2.45, 2.75) is 18.3 Å². The molecule has 3 aliphatic rings. The van der Waals surface area contributed by atoms with Gasteiger partial charge in [0, 0.05) is 11.1 Å². The Bertz CT molecular complexity index is 1430. The van der Waals surface area contributed by atoms with Crippen molar-refractivity contribution in [1.82, 2.24) is 0 Å². The first-order valence-electron chi connectivity index (χ1n) is 11.1. The van der Waals surface area contributed by atoms with E-state index in [1.54, 1.807) is 0 Å². The standard InChI is InChI=1S/C29H21BO/c30-19-14-16-27-25(17-19)29(23-11-5-6-12-26(23)31-27)22-10-4-3-9-21(22)28-20-8-2-1-7-18(20)13-15-24(28)29/h1-12,14,16-17H,13,15,30H2. The van der Waals surface area contributed by atoms with Crippen molar-refractivity contribution in [2.75, 3.05) is 0 Å². The Morgan fingerprint density at radius 2 is 1.35 bits per heavy atom. The van der Waals surface area contributed by atoms with Crippen LogP contribution >= 0.6 is 0 Å². The zero-order valence-electron chi connectivity index (χ0n) is 17.5. The molecule has 1 atom stereocenters. The van der Waals surface area contributed by atoms with Crippen molar-refractivity contribution in [3.8, 4) is 11.5 Å². The number of allylic oxidation sites excluding steroid dienone is 1. The summed E-state index contributed by atoms with van der Waals surface area (Å²) in [6, 6.07) is 33.3. The molecule has 0 amide bonds. The van der Waals surface area contributed by atoms with Crippen molar-refractivity contribution in [3.05, 3.63) is 130 Å². The molecule has 1 aliphatic heterocycles. The molecule has 0 bridgehead atoms. The molecule has 31 heavy (non-hydrogen) atoms. The number of aryl methyl sites for hydroxylation is 1. The Hall–Kier alpha value is -3.52. The van der Waals surface area contributed by atoms with Crippen LogP contribution in [0.15, 0.2) is 96.6 Å². The molecule has 0 fully saturated rings. The lowest BCUT2D eigenvalue weighted by Crippen LogP contribution is -2.35. The zero-order valence-corrected chi connectivity index (χ0v) is 17.5. The second-order valence-corrected chi connectivity index (χ2v) is 8.90. The molecule has 1 unspecified atom stereocenters. The van der Waals surface area contributed by atoms with Gasteiger partial charge in [0.15, 0.2) is 0 Å². The highest BCUT2D eigenvalue weighted by Crippen LogP contribution is 2.63. The fourth-order valence-electron chi connectivity index (χ4n) is 6.17. The van der Waals surface area contributed by atoms with Gasteiger partial charge in [-0.25, -0.2) is 0 Å².